The highest BCUT2D eigenvalue weighted by Crippen LogP contribution is 2.34. The first-order chi connectivity index (χ1) is 20.7. The lowest BCUT2D eigenvalue weighted by Crippen LogP contribution is -2.41. The monoisotopic (exact) mass is 673 g/mol. The lowest BCUT2D eigenvalue weighted by Gasteiger charge is -2.31. The van der Waals surface area contributed by atoms with E-state index in [0.29, 0.717) is 43.7 Å². The van der Waals surface area contributed by atoms with Gasteiger partial charge >= 0.3 is 12.3 Å². The standard InChI is InChI=1S/C29H38F3N9O2.2ClH/c30-29(31,32)18-5-9-21(10-6-18)37-28(42)43-40-15-13-22(14-16-40)35-25-24-26(41(17-34-24)23-3-1-2-4-23)39-27(38-25)36-20-11-7-19(33)8-12-20;;/h5-6,9-10,17,19-20,22-23H,1-4,7-8,11-16,33H2,(H,37,42)(H2,35,36,38,39);2*1H/t19-,20-;;. The minimum Gasteiger partial charge on any atom is -0.365 e. The number of nitrogens with two attached hydrogens (primary N) is 1. The molecule has 0 atom stereocenters. The molecule has 1 aliphatic heterocycles. The molecular formula is C29H40Cl2F3N9O2. The Morgan fingerprint density at radius 3 is 2.18 bits per heavy atom. The zero-order valence-corrected chi connectivity index (χ0v) is 26.4. The zero-order valence-electron chi connectivity index (χ0n) is 24.8. The van der Waals surface area contributed by atoms with E-state index in [2.05, 4.69) is 20.5 Å². The maximum Gasteiger partial charge on any atom is 0.430 e. The van der Waals surface area contributed by atoms with Gasteiger partial charge in [-0.3, -0.25) is 5.32 Å². The second kappa shape index (κ2) is 15.0. The molecule has 2 saturated carbocycles. The number of carbonyl (C=O) groups excluding carboxylic acids is 1. The maximum atomic E-state index is 12.8. The fourth-order valence-corrected chi connectivity index (χ4v) is 6.26. The van der Waals surface area contributed by atoms with Crippen LogP contribution < -0.4 is 21.7 Å². The van der Waals surface area contributed by atoms with Crippen LogP contribution in [0.15, 0.2) is 30.6 Å². The van der Waals surface area contributed by atoms with Crippen molar-refractivity contribution in [1.82, 2.24) is 24.6 Å². The molecule has 0 spiro atoms. The van der Waals surface area contributed by atoms with Crippen molar-refractivity contribution in [2.75, 3.05) is 29.0 Å². The van der Waals surface area contributed by atoms with E-state index in [-0.39, 0.29) is 48.6 Å². The van der Waals surface area contributed by atoms with E-state index >= 15 is 0 Å². The van der Waals surface area contributed by atoms with Crippen molar-refractivity contribution in [3.63, 3.8) is 0 Å². The number of benzene rings is 1. The summed E-state index contributed by atoms with van der Waals surface area (Å²) in [4.78, 5) is 32.3. The molecule has 11 nitrogen and oxygen atoms in total. The summed E-state index contributed by atoms with van der Waals surface area (Å²) in [6, 6.07) is 5.23. The van der Waals surface area contributed by atoms with Gasteiger partial charge in [-0.1, -0.05) is 12.8 Å². The summed E-state index contributed by atoms with van der Waals surface area (Å²) in [5.41, 5.74) is 7.13. The Kier molecular flexibility index (Phi) is 11.6. The summed E-state index contributed by atoms with van der Waals surface area (Å²) in [5.74, 6) is 1.28. The van der Waals surface area contributed by atoms with Gasteiger partial charge in [-0.05, 0) is 75.6 Å². The molecule has 1 amide bonds. The van der Waals surface area contributed by atoms with Crippen LogP contribution in [-0.2, 0) is 11.0 Å². The molecule has 16 heteroatoms. The van der Waals surface area contributed by atoms with Crippen molar-refractivity contribution >= 4 is 59.5 Å². The Bertz CT molecular complexity index is 1400. The number of anilines is 3. The molecule has 3 aliphatic rings. The van der Waals surface area contributed by atoms with Crippen LogP contribution in [0.25, 0.3) is 11.2 Å². The molecule has 2 aromatic heterocycles. The largest absolute Gasteiger partial charge is 0.430 e. The van der Waals surface area contributed by atoms with E-state index in [0.717, 1.165) is 61.8 Å². The number of piperidine rings is 1. The third kappa shape index (κ3) is 8.60. The number of nitrogens with one attached hydrogen (secondary N) is 3. The lowest BCUT2D eigenvalue weighted by atomic mass is 9.92. The molecule has 5 N–H and O–H groups in total. The summed E-state index contributed by atoms with van der Waals surface area (Å²) in [6.07, 6.45) is 6.64. The van der Waals surface area contributed by atoms with Gasteiger partial charge in [0, 0.05) is 42.9 Å². The van der Waals surface area contributed by atoms with Crippen molar-refractivity contribution in [3.05, 3.63) is 36.2 Å². The second-order valence-electron chi connectivity index (χ2n) is 11.8. The van der Waals surface area contributed by atoms with Crippen molar-refractivity contribution in [1.29, 1.82) is 0 Å². The van der Waals surface area contributed by atoms with Crippen LogP contribution in [0.3, 0.4) is 0 Å². The summed E-state index contributed by atoms with van der Waals surface area (Å²) < 4.78 is 40.6. The Morgan fingerprint density at radius 2 is 1.53 bits per heavy atom. The average molecular weight is 675 g/mol. The fourth-order valence-electron chi connectivity index (χ4n) is 6.26. The highest BCUT2D eigenvalue weighted by molar-refractivity contribution is 5.86. The minimum atomic E-state index is -4.44. The van der Waals surface area contributed by atoms with E-state index in [9.17, 15) is 18.0 Å². The number of fused-ring (bicyclic) bond motifs is 1. The number of hydrogen-bond donors (Lipinski definition) is 4. The van der Waals surface area contributed by atoms with E-state index in [1.54, 1.807) is 5.06 Å². The number of imidazole rings is 1. The molecule has 1 aromatic carbocycles. The highest BCUT2D eigenvalue weighted by atomic mass is 35.5. The molecule has 0 radical (unpaired) electrons. The number of aromatic nitrogens is 4. The molecule has 2 aliphatic carbocycles. The van der Waals surface area contributed by atoms with Crippen LogP contribution in [0, 0.1) is 0 Å². The van der Waals surface area contributed by atoms with Crippen LogP contribution in [0.2, 0.25) is 0 Å². The topological polar surface area (TPSA) is 135 Å². The number of nitrogens with zero attached hydrogens (tertiary/aromatic N) is 5. The highest BCUT2D eigenvalue weighted by Gasteiger charge is 2.30. The number of rotatable bonds is 7. The molecular weight excluding hydrogens is 634 g/mol. The van der Waals surface area contributed by atoms with Gasteiger partial charge in [0.2, 0.25) is 5.95 Å². The van der Waals surface area contributed by atoms with Gasteiger partial charge in [0.1, 0.15) is 0 Å². The fraction of sp³-hybridized carbons (Fsp3) is 0.586. The normalized spacial score (nSPS) is 21.5. The molecule has 1 saturated heterocycles. The van der Waals surface area contributed by atoms with Gasteiger partial charge in [-0.2, -0.15) is 23.1 Å². The third-order valence-electron chi connectivity index (χ3n) is 8.71. The van der Waals surface area contributed by atoms with Crippen LogP contribution in [0.4, 0.5) is 35.4 Å². The van der Waals surface area contributed by atoms with Gasteiger partial charge in [-0.25, -0.2) is 9.78 Å². The Balaban J connectivity index is 0.00000230. The van der Waals surface area contributed by atoms with Gasteiger partial charge in [0.05, 0.1) is 11.9 Å². The molecule has 45 heavy (non-hydrogen) atoms. The first-order valence-corrected chi connectivity index (χ1v) is 15.2. The summed E-state index contributed by atoms with van der Waals surface area (Å²) >= 11 is 0. The number of halogens is 5. The average Bonchev–Trinajstić information content (AvgIpc) is 3.66. The van der Waals surface area contributed by atoms with Crippen molar-refractivity contribution in [3.8, 4) is 0 Å². The van der Waals surface area contributed by atoms with Crippen LogP contribution in [-0.4, -0.2) is 61.9 Å². The third-order valence-corrected chi connectivity index (χ3v) is 8.71. The first-order valence-electron chi connectivity index (χ1n) is 15.2. The SMILES string of the molecule is Cl.Cl.N[C@H]1CC[C@H](Nc2nc(NC3CCN(OC(=O)Nc4ccc(C(F)(F)F)cc4)CC3)c3ncn(C4CCCC4)c3n2)CC1. The van der Waals surface area contributed by atoms with E-state index < -0.39 is 17.8 Å². The van der Waals surface area contributed by atoms with E-state index in [4.69, 9.17) is 25.5 Å². The number of carbonyl (C=O) groups is 1. The Labute approximate surface area is 272 Å². The minimum absolute atomic E-state index is 0. The summed E-state index contributed by atoms with van der Waals surface area (Å²) in [6.45, 7) is 0.965. The predicted octanol–water partition coefficient (Wildman–Crippen LogP) is 6.53. The Morgan fingerprint density at radius 1 is 0.889 bits per heavy atom. The van der Waals surface area contributed by atoms with Crippen LogP contribution >= 0.6 is 24.8 Å². The number of alkyl halides is 3. The zero-order chi connectivity index (χ0) is 30.0. The van der Waals surface area contributed by atoms with Gasteiger partial charge in [0.15, 0.2) is 17.0 Å². The molecule has 0 unspecified atom stereocenters. The van der Waals surface area contributed by atoms with E-state index in [1.165, 1.54) is 25.0 Å². The smallest absolute Gasteiger partial charge is 0.365 e. The quantitative estimate of drug-likeness (QED) is 0.221. The molecule has 248 valence electrons. The lowest BCUT2D eigenvalue weighted by molar-refractivity contribution is -0.137. The van der Waals surface area contributed by atoms with Gasteiger partial charge < -0.3 is 25.8 Å². The Hall–Kier alpha value is -3.07. The molecule has 3 fully saturated rings. The van der Waals surface area contributed by atoms with E-state index in [1.807, 2.05) is 6.33 Å². The number of hydroxylamine groups is 2. The van der Waals surface area contributed by atoms with Gasteiger partial charge in [-0.15, -0.1) is 29.9 Å². The maximum absolute atomic E-state index is 12.8. The number of hydrogen-bond acceptors (Lipinski definition) is 9. The van der Waals surface area contributed by atoms with Gasteiger partial charge in [0.25, 0.3) is 0 Å². The van der Waals surface area contributed by atoms with Crippen molar-refractivity contribution in [2.45, 2.75) is 94.6 Å². The van der Waals surface area contributed by atoms with Crippen molar-refractivity contribution in [2.24, 2.45) is 5.73 Å². The van der Waals surface area contributed by atoms with Crippen LogP contribution in [0.1, 0.15) is 75.8 Å². The van der Waals surface area contributed by atoms with Crippen LogP contribution in [0.5, 0.6) is 0 Å². The molecule has 3 heterocycles. The molecule has 6 rings (SSSR count). The molecule has 3 aromatic rings. The summed E-state index contributed by atoms with van der Waals surface area (Å²) in [5, 5.41) is 11.2. The summed E-state index contributed by atoms with van der Waals surface area (Å²) in [7, 11) is 0. The van der Waals surface area contributed by atoms with Crippen molar-refractivity contribution < 1.29 is 22.8 Å². The molecule has 0 bridgehead atoms. The predicted molar refractivity (Wildman–Crippen MR) is 171 cm³/mol. The number of amides is 1. The first kappa shape index (κ1) is 34.8. The second-order valence-corrected chi connectivity index (χ2v) is 11.8.